The van der Waals surface area contributed by atoms with Gasteiger partial charge in [-0.25, -0.2) is 0 Å². The summed E-state index contributed by atoms with van der Waals surface area (Å²) in [5.41, 5.74) is 0.122. The highest BCUT2D eigenvalue weighted by Gasteiger charge is 2.56. The van der Waals surface area contributed by atoms with Crippen molar-refractivity contribution in [3.05, 3.63) is 46.0 Å². The Morgan fingerprint density at radius 1 is 1.18 bits per heavy atom. The lowest BCUT2D eigenvalue weighted by atomic mass is 10.1. The van der Waals surface area contributed by atoms with E-state index in [4.69, 9.17) is 9.05 Å². The quantitative estimate of drug-likeness (QED) is 0.446. The van der Waals surface area contributed by atoms with Crippen LogP contribution in [0.1, 0.15) is 33.3 Å². The van der Waals surface area contributed by atoms with E-state index < -0.39 is 36.6 Å². The molecule has 7 nitrogen and oxygen atoms in total. The van der Waals surface area contributed by atoms with Crippen LogP contribution in [-0.4, -0.2) is 28.8 Å². The Balaban J connectivity index is 3.44. The molecule has 0 aliphatic rings. The molecule has 1 atom stereocenters. The first-order valence-electron chi connectivity index (χ1n) is 6.97. The maximum absolute atomic E-state index is 13.2. The van der Waals surface area contributed by atoms with Crippen LogP contribution in [-0.2, 0) is 19.0 Å². The summed E-state index contributed by atoms with van der Waals surface area (Å²) in [6.45, 7) is 5.50. The summed E-state index contributed by atoms with van der Waals surface area (Å²) in [6, 6.07) is 7.80. The largest absolute Gasteiger partial charge is 0.374 e. The minimum Gasteiger partial charge on any atom is -0.368 e. The predicted molar refractivity (Wildman–Crippen MR) is 82.2 cm³/mol. The summed E-state index contributed by atoms with van der Waals surface area (Å²) < 4.78 is 23.9. The molecule has 22 heavy (non-hydrogen) atoms. The molecule has 124 valence electrons. The Morgan fingerprint density at radius 2 is 1.64 bits per heavy atom. The minimum absolute atomic E-state index is 0.122. The summed E-state index contributed by atoms with van der Waals surface area (Å²) in [4.78, 5) is 10.3. The highest BCUT2D eigenvalue weighted by molar-refractivity contribution is 7.55. The maximum Gasteiger partial charge on any atom is 0.374 e. The summed E-state index contributed by atoms with van der Waals surface area (Å²) in [6.07, 6.45) is -1.07. The maximum atomic E-state index is 13.2. The molecular weight excluding hydrogens is 309 g/mol. The van der Waals surface area contributed by atoms with Gasteiger partial charge in [-0.05, 0) is 27.7 Å². The zero-order valence-electron chi connectivity index (χ0n) is 13.1. The second kappa shape index (κ2) is 7.33. The van der Waals surface area contributed by atoms with Crippen LogP contribution in [0.25, 0.3) is 0 Å². The Labute approximate surface area is 129 Å². The number of aliphatic hydroxyl groups is 1. The normalized spacial score (nSPS) is 15.0. The second-order valence-electron chi connectivity index (χ2n) is 5.48. The van der Waals surface area contributed by atoms with Gasteiger partial charge in [0.1, 0.15) is 0 Å². The first-order chi connectivity index (χ1) is 10.1. The van der Waals surface area contributed by atoms with Crippen molar-refractivity contribution in [3.63, 3.8) is 0 Å². The Hall–Kier alpha value is -1.27. The van der Waals surface area contributed by atoms with Gasteiger partial charge in [0, 0.05) is 10.5 Å². The fraction of sp³-hybridized carbons (Fsp3) is 0.571. The van der Waals surface area contributed by atoms with Crippen LogP contribution in [0.5, 0.6) is 0 Å². The van der Waals surface area contributed by atoms with Gasteiger partial charge in [0.15, 0.2) is 0 Å². The highest BCUT2D eigenvalue weighted by Crippen LogP contribution is 2.64. The van der Waals surface area contributed by atoms with Crippen molar-refractivity contribution in [1.82, 2.24) is 0 Å². The van der Waals surface area contributed by atoms with E-state index in [0.717, 1.165) is 0 Å². The third-order valence-electron chi connectivity index (χ3n) is 2.74. The van der Waals surface area contributed by atoms with Crippen molar-refractivity contribution in [3.8, 4) is 0 Å². The molecule has 1 unspecified atom stereocenters. The van der Waals surface area contributed by atoms with Crippen molar-refractivity contribution in [1.29, 1.82) is 0 Å². The monoisotopic (exact) mass is 331 g/mol. The van der Waals surface area contributed by atoms with E-state index in [1.807, 2.05) is 0 Å². The lowest BCUT2D eigenvalue weighted by Crippen LogP contribution is -2.37. The lowest BCUT2D eigenvalue weighted by Gasteiger charge is -2.34. The van der Waals surface area contributed by atoms with Gasteiger partial charge in [-0.15, -0.1) is 0 Å². The fourth-order valence-corrected chi connectivity index (χ4v) is 4.24. The van der Waals surface area contributed by atoms with Crippen LogP contribution in [0.15, 0.2) is 30.3 Å². The van der Waals surface area contributed by atoms with Crippen molar-refractivity contribution in [2.45, 2.75) is 45.2 Å². The molecule has 0 amide bonds. The van der Waals surface area contributed by atoms with Crippen molar-refractivity contribution in [2.24, 2.45) is 0 Å². The number of hydrogen-bond acceptors (Lipinski definition) is 6. The summed E-state index contributed by atoms with van der Waals surface area (Å²) in [7, 11) is -4.22. The zero-order chi connectivity index (χ0) is 17.0. The minimum atomic E-state index is -4.22. The van der Waals surface area contributed by atoms with Crippen molar-refractivity contribution in [2.75, 3.05) is 6.54 Å². The molecule has 0 aromatic heterocycles. The number of hydrogen-bond donors (Lipinski definition) is 1. The third-order valence-corrected chi connectivity index (χ3v) is 5.44. The molecule has 0 saturated carbocycles. The molecular formula is C14H22NO6P. The summed E-state index contributed by atoms with van der Waals surface area (Å²) in [5, 5.41) is 19.6. The standard InChI is InChI=1S/C14H22NO6P/c1-11(2)20-22(19,21-12(3)4)14(16,10-15(17)18)13-8-6-5-7-9-13/h5-9,11-12,16H,10H2,1-4H3. The van der Waals surface area contributed by atoms with Crippen LogP contribution in [0, 0.1) is 10.1 Å². The molecule has 1 aromatic carbocycles. The molecule has 0 saturated heterocycles. The Morgan fingerprint density at radius 3 is 2.00 bits per heavy atom. The SMILES string of the molecule is CC(C)OP(=O)(OC(C)C)C(O)(C[N+](=O)[O-])c1ccccc1. The predicted octanol–water partition coefficient (Wildman–Crippen LogP) is 3.15. The zero-order valence-corrected chi connectivity index (χ0v) is 14.0. The van der Waals surface area contributed by atoms with Gasteiger partial charge in [0.05, 0.1) is 12.2 Å². The lowest BCUT2D eigenvalue weighted by molar-refractivity contribution is -0.496. The van der Waals surface area contributed by atoms with E-state index in [9.17, 15) is 19.8 Å². The van der Waals surface area contributed by atoms with Gasteiger partial charge in [0.2, 0.25) is 6.54 Å². The van der Waals surface area contributed by atoms with Crippen LogP contribution < -0.4 is 0 Å². The molecule has 0 bridgehead atoms. The third kappa shape index (κ3) is 4.36. The van der Waals surface area contributed by atoms with Crippen molar-refractivity contribution < 1.29 is 23.6 Å². The molecule has 1 N–H and O–H groups in total. The van der Waals surface area contributed by atoms with Gasteiger partial charge in [0.25, 0.3) is 5.34 Å². The number of nitrogens with zero attached hydrogens (tertiary/aromatic N) is 1. The average molecular weight is 331 g/mol. The van der Waals surface area contributed by atoms with Gasteiger partial charge >= 0.3 is 7.60 Å². The molecule has 1 rings (SSSR count). The topological polar surface area (TPSA) is 98.9 Å². The van der Waals surface area contributed by atoms with Crippen LogP contribution >= 0.6 is 7.60 Å². The molecule has 0 heterocycles. The van der Waals surface area contributed by atoms with E-state index in [1.165, 1.54) is 12.1 Å². The summed E-state index contributed by atoms with van der Waals surface area (Å²) in [5.74, 6) is 0. The Bertz CT molecular complexity index is 534. The molecule has 1 aromatic rings. The molecule has 0 aliphatic heterocycles. The summed E-state index contributed by atoms with van der Waals surface area (Å²) >= 11 is 0. The smallest absolute Gasteiger partial charge is 0.368 e. The first-order valence-corrected chi connectivity index (χ1v) is 8.51. The van der Waals surface area contributed by atoms with Gasteiger partial charge < -0.3 is 14.2 Å². The van der Waals surface area contributed by atoms with Crippen molar-refractivity contribution >= 4 is 7.60 Å². The van der Waals surface area contributed by atoms with E-state index in [-0.39, 0.29) is 5.56 Å². The van der Waals surface area contributed by atoms with Crippen LogP contribution in [0.4, 0.5) is 0 Å². The van der Waals surface area contributed by atoms with Gasteiger partial charge in [-0.3, -0.25) is 14.7 Å². The molecule has 0 fully saturated rings. The second-order valence-corrected chi connectivity index (χ2v) is 7.64. The van der Waals surface area contributed by atoms with Gasteiger partial charge in [-0.2, -0.15) is 0 Å². The van der Waals surface area contributed by atoms with Gasteiger partial charge in [-0.1, -0.05) is 30.3 Å². The molecule has 0 spiro atoms. The number of nitro groups is 1. The highest BCUT2D eigenvalue weighted by atomic mass is 31.2. The van der Waals surface area contributed by atoms with E-state index in [1.54, 1.807) is 45.9 Å². The van der Waals surface area contributed by atoms with Crippen LogP contribution in [0.3, 0.4) is 0 Å². The fourth-order valence-electron chi connectivity index (χ4n) is 1.98. The number of rotatable bonds is 8. The number of benzene rings is 1. The molecule has 0 aliphatic carbocycles. The van der Waals surface area contributed by atoms with E-state index in [2.05, 4.69) is 0 Å². The first kappa shape index (κ1) is 18.8. The Kier molecular flexibility index (Phi) is 6.26. The van der Waals surface area contributed by atoms with Crippen LogP contribution in [0.2, 0.25) is 0 Å². The average Bonchev–Trinajstić information content (AvgIpc) is 2.36. The molecule has 0 radical (unpaired) electrons. The van der Waals surface area contributed by atoms with E-state index in [0.29, 0.717) is 0 Å². The molecule has 8 heteroatoms. The van der Waals surface area contributed by atoms with E-state index >= 15 is 0 Å².